The summed E-state index contributed by atoms with van der Waals surface area (Å²) < 4.78 is 3.01. The number of carbonyl (C=O) groups excluding carboxylic acids is 1. The van der Waals surface area contributed by atoms with Crippen LogP contribution in [0.5, 0.6) is 0 Å². The molecule has 0 saturated carbocycles. The molecule has 0 aliphatic rings. The third-order valence-electron chi connectivity index (χ3n) is 4.32. The molecular weight excluding hydrogens is 364 g/mol. The highest BCUT2D eigenvalue weighted by atomic mass is 32.1. The normalized spacial score (nSPS) is 12.4. The van der Waals surface area contributed by atoms with Crippen LogP contribution in [0.3, 0.4) is 0 Å². The Bertz CT molecular complexity index is 1050. The van der Waals surface area contributed by atoms with Crippen molar-refractivity contribution in [2.75, 3.05) is 6.54 Å². The van der Waals surface area contributed by atoms with Crippen molar-refractivity contribution in [3.63, 3.8) is 0 Å². The van der Waals surface area contributed by atoms with E-state index in [4.69, 9.17) is 0 Å². The fourth-order valence-electron chi connectivity index (χ4n) is 3.06. The third kappa shape index (κ3) is 3.27. The van der Waals surface area contributed by atoms with E-state index < -0.39 is 0 Å². The number of amides is 1. The van der Waals surface area contributed by atoms with Crippen LogP contribution in [0.2, 0.25) is 0 Å². The van der Waals surface area contributed by atoms with Crippen LogP contribution in [0.15, 0.2) is 46.6 Å². The number of aromatic nitrogens is 3. The SMILES string of the molecule is Cc1cc(C)n(C(CNC(=O)c2ccc3ncsc3c2)c2ccsc2)n1. The summed E-state index contributed by atoms with van der Waals surface area (Å²) in [6.45, 7) is 4.51. The second-order valence-corrected chi connectivity index (χ2v) is 7.86. The van der Waals surface area contributed by atoms with Crippen molar-refractivity contribution in [2.24, 2.45) is 0 Å². The zero-order valence-electron chi connectivity index (χ0n) is 14.5. The standard InChI is InChI=1S/C19H18N4OS2/c1-12-7-13(2)23(22-12)17(15-5-6-25-10-15)9-20-19(24)14-3-4-16-18(8-14)26-11-21-16/h3-8,10-11,17H,9H2,1-2H3,(H,20,24). The number of hydrogen-bond donors (Lipinski definition) is 1. The Morgan fingerprint density at radius 3 is 2.88 bits per heavy atom. The van der Waals surface area contributed by atoms with Crippen molar-refractivity contribution in [2.45, 2.75) is 19.9 Å². The first-order valence-electron chi connectivity index (χ1n) is 8.28. The second-order valence-electron chi connectivity index (χ2n) is 6.19. The fraction of sp³-hybridized carbons (Fsp3) is 0.211. The lowest BCUT2D eigenvalue weighted by Gasteiger charge is -2.19. The summed E-state index contributed by atoms with van der Waals surface area (Å²) in [6.07, 6.45) is 0. The smallest absolute Gasteiger partial charge is 0.251 e. The van der Waals surface area contributed by atoms with Crippen LogP contribution in [-0.2, 0) is 0 Å². The number of hydrogen-bond acceptors (Lipinski definition) is 5. The largest absolute Gasteiger partial charge is 0.350 e. The second kappa shape index (κ2) is 7.01. The van der Waals surface area contributed by atoms with Crippen LogP contribution in [-0.4, -0.2) is 27.2 Å². The molecule has 0 bridgehead atoms. The molecule has 1 atom stereocenters. The first-order chi connectivity index (χ1) is 12.6. The van der Waals surface area contributed by atoms with E-state index in [-0.39, 0.29) is 11.9 Å². The number of benzene rings is 1. The van der Waals surface area contributed by atoms with Crippen LogP contribution >= 0.6 is 22.7 Å². The van der Waals surface area contributed by atoms with Crippen LogP contribution in [0, 0.1) is 13.8 Å². The molecule has 0 aliphatic heterocycles. The van der Waals surface area contributed by atoms with E-state index in [1.165, 1.54) is 11.3 Å². The van der Waals surface area contributed by atoms with Crippen molar-refractivity contribution in [1.29, 1.82) is 0 Å². The van der Waals surface area contributed by atoms with Crippen LogP contribution < -0.4 is 5.32 Å². The molecule has 1 aromatic carbocycles. The van der Waals surface area contributed by atoms with Crippen LogP contribution in [0.25, 0.3) is 10.2 Å². The number of nitrogens with one attached hydrogen (secondary N) is 1. The summed E-state index contributed by atoms with van der Waals surface area (Å²) in [5.74, 6) is -0.0814. The molecule has 5 nitrogen and oxygen atoms in total. The molecule has 26 heavy (non-hydrogen) atoms. The van der Waals surface area contributed by atoms with Gasteiger partial charge in [-0.3, -0.25) is 9.48 Å². The lowest BCUT2D eigenvalue weighted by atomic mass is 10.1. The van der Waals surface area contributed by atoms with Gasteiger partial charge in [-0.25, -0.2) is 4.98 Å². The van der Waals surface area contributed by atoms with Gasteiger partial charge in [-0.05, 0) is 60.5 Å². The zero-order valence-corrected chi connectivity index (χ0v) is 16.1. The Balaban J connectivity index is 1.56. The van der Waals surface area contributed by atoms with Crippen molar-refractivity contribution >= 4 is 38.8 Å². The van der Waals surface area contributed by atoms with E-state index in [0.29, 0.717) is 12.1 Å². The average molecular weight is 383 g/mol. The highest BCUT2D eigenvalue weighted by Crippen LogP contribution is 2.23. The van der Waals surface area contributed by atoms with Crippen molar-refractivity contribution in [3.8, 4) is 0 Å². The molecule has 0 fully saturated rings. The van der Waals surface area contributed by atoms with E-state index in [1.54, 1.807) is 16.8 Å². The summed E-state index contributed by atoms with van der Waals surface area (Å²) >= 11 is 3.19. The monoisotopic (exact) mass is 382 g/mol. The number of carbonyl (C=O) groups is 1. The van der Waals surface area contributed by atoms with E-state index >= 15 is 0 Å². The maximum absolute atomic E-state index is 12.7. The van der Waals surface area contributed by atoms with Crippen molar-refractivity contribution in [1.82, 2.24) is 20.1 Å². The van der Waals surface area contributed by atoms with Gasteiger partial charge in [0.25, 0.3) is 5.91 Å². The summed E-state index contributed by atoms with van der Waals surface area (Å²) in [6, 6.07) is 9.72. The zero-order chi connectivity index (χ0) is 18.1. The molecule has 0 aliphatic carbocycles. The topological polar surface area (TPSA) is 59.8 Å². The number of aryl methyl sites for hydroxylation is 2. The van der Waals surface area contributed by atoms with E-state index in [0.717, 1.165) is 27.2 Å². The molecule has 0 radical (unpaired) electrons. The first kappa shape index (κ1) is 16.9. The van der Waals surface area contributed by atoms with E-state index in [2.05, 4.69) is 32.9 Å². The number of nitrogens with zero attached hydrogens (tertiary/aromatic N) is 3. The minimum atomic E-state index is -0.0814. The van der Waals surface area contributed by atoms with Gasteiger partial charge in [-0.1, -0.05) is 0 Å². The Labute approximate surface area is 159 Å². The first-order valence-corrected chi connectivity index (χ1v) is 10.1. The minimum Gasteiger partial charge on any atom is -0.350 e. The van der Waals surface area contributed by atoms with Gasteiger partial charge in [0.2, 0.25) is 0 Å². The predicted molar refractivity (Wildman–Crippen MR) is 106 cm³/mol. The van der Waals surface area contributed by atoms with Gasteiger partial charge in [0, 0.05) is 17.8 Å². The van der Waals surface area contributed by atoms with Crippen molar-refractivity contribution in [3.05, 3.63) is 69.1 Å². The van der Waals surface area contributed by atoms with Gasteiger partial charge in [0.15, 0.2) is 0 Å². The molecule has 7 heteroatoms. The lowest BCUT2D eigenvalue weighted by Crippen LogP contribution is -2.32. The highest BCUT2D eigenvalue weighted by Gasteiger charge is 2.19. The molecule has 3 heterocycles. The maximum atomic E-state index is 12.7. The summed E-state index contributed by atoms with van der Waals surface area (Å²) in [5, 5.41) is 11.8. The minimum absolute atomic E-state index is 0.0222. The summed E-state index contributed by atoms with van der Waals surface area (Å²) in [4.78, 5) is 16.9. The molecule has 3 aromatic heterocycles. The summed E-state index contributed by atoms with van der Waals surface area (Å²) in [7, 11) is 0. The lowest BCUT2D eigenvalue weighted by molar-refractivity contribution is 0.0949. The van der Waals surface area contributed by atoms with Crippen LogP contribution in [0.1, 0.15) is 33.4 Å². The average Bonchev–Trinajstić information content (AvgIpc) is 3.36. The van der Waals surface area contributed by atoms with Gasteiger partial charge >= 0.3 is 0 Å². The Morgan fingerprint density at radius 1 is 1.27 bits per heavy atom. The molecule has 1 N–H and O–H groups in total. The Kier molecular flexibility index (Phi) is 4.57. The molecule has 1 unspecified atom stereocenters. The third-order valence-corrected chi connectivity index (χ3v) is 5.81. The Morgan fingerprint density at radius 2 is 2.15 bits per heavy atom. The van der Waals surface area contributed by atoms with Gasteiger partial charge < -0.3 is 5.32 Å². The summed E-state index contributed by atoms with van der Waals surface area (Å²) in [5.41, 5.74) is 6.58. The molecule has 0 spiro atoms. The Hall–Kier alpha value is -2.51. The maximum Gasteiger partial charge on any atom is 0.251 e. The predicted octanol–water partition coefficient (Wildman–Crippen LogP) is 4.19. The van der Waals surface area contributed by atoms with Gasteiger partial charge in [-0.15, -0.1) is 11.3 Å². The van der Waals surface area contributed by atoms with Crippen LogP contribution in [0.4, 0.5) is 0 Å². The molecular formula is C19H18N4OS2. The molecule has 1 amide bonds. The number of thiophene rings is 1. The fourth-order valence-corrected chi connectivity index (χ4v) is 4.48. The molecule has 132 valence electrons. The van der Waals surface area contributed by atoms with Gasteiger partial charge in [-0.2, -0.15) is 16.4 Å². The van der Waals surface area contributed by atoms with E-state index in [9.17, 15) is 4.79 Å². The quantitative estimate of drug-likeness (QED) is 0.563. The van der Waals surface area contributed by atoms with Gasteiger partial charge in [0.1, 0.15) is 0 Å². The molecule has 0 saturated heterocycles. The van der Waals surface area contributed by atoms with Crippen molar-refractivity contribution < 1.29 is 4.79 Å². The number of thiazole rings is 1. The molecule has 4 rings (SSSR count). The molecule has 4 aromatic rings. The number of rotatable bonds is 5. The van der Waals surface area contributed by atoms with Gasteiger partial charge in [0.05, 0.1) is 27.5 Å². The highest BCUT2D eigenvalue weighted by molar-refractivity contribution is 7.16. The number of fused-ring (bicyclic) bond motifs is 1. The van der Waals surface area contributed by atoms with E-state index in [1.807, 2.05) is 42.1 Å².